The van der Waals surface area contributed by atoms with Crippen LogP contribution >= 0.6 is 31.9 Å². The van der Waals surface area contributed by atoms with Crippen molar-refractivity contribution in [1.29, 1.82) is 0 Å². The summed E-state index contributed by atoms with van der Waals surface area (Å²) in [6.45, 7) is 1.24. The molecule has 0 heterocycles. The molecule has 0 atom stereocenters. The predicted octanol–water partition coefficient (Wildman–Crippen LogP) is 4.64. The topological polar surface area (TPSA) is 12.0 Å². The van der Waals surface area contributed by atoms with Gasteiger partial charge in [-0.3, -0.25) is 0 Å². The van der Waals surface area contributed by atoms with E-state index in [9.17, 15) is 4.39 Å². The van der Waals surface area contributed by atoms with Crippen molar-refractivity contribution in [2.45, 2.75) is 13.1 Å². The van der Waals surface area contributed by atoms with E-state index in [4.69, 9.17) is 0 Å². The van der Waals surface area contributed by atoms with Gasteiger partial charge in [-0.25, -0.2) is 4.39 Å². The highest BCUT2D eigenvalue weighted by molar-refractivity contribution is 9.13. The Hall–Kier alpha value is -0.710. The fraction of sp³-hybridized carbons (Fsp3) is 0.143. The molecule has 0 aliphatic rings. The molecule has 0 bridgehead atoms. The Bertz CT molecular complexity index is 543. The second-order valence-corrected chi connectivity index (χ2v) is 5.65. The van der Waals surface area contributed by atoms with E-state index in [2.05, 4.69) is 37.2 Å². The maximum Gasteiger partial charge on any atom is 0.127 e. The summed E-state index contributed by atoms with van der Waals surface area (Å²) in [5, 5.41) is 3.23. The van der Waals surface area contributed by atoms with Gasteiger partial charge in [-0.05, 0) is 55.6 Å². The third kappa shape index (κ3) is 3.64. The summed E-state index contributed by atoms with van der Waals surface area (Å²) in [4.78, 5) is 0. The molecule has 0 fully saturated rings. The lowest BCUT2D eigenvalue weighted by atomic mass is 10.2. The summed E-state index contributed by atoms with van der Waals surface area (Å²) in [5.74, 6) is -0.165. The van der Waals surface area contributed by atoms with E-state index in [1.54, 1.807) is 12.1 Å². The quantitative estimate of drug-likeness (QED) is 0.824. The molecule has 0 saturated heterocycles. The fourth-order valence-corrected chi connectivity index (χ4v) is 2.31. The first kappa shape index (κ1) is 13.7. The summed E-state index contributed by atoms with van der Waals surface area (Å²) in [6, 6.07) is 12.9. The molecule has 0 aliphatic heterocycles. The summed E-state index contributed by atoms with van der Waals surface area (Å²) in [6.07, 6.45) is 0. The Kier molecular flexibility index (Phi) is 4.92. The van der Waals surface area contributed by atoms with E-state index in [1.807, 2.05) is 24.3 Å². The zero-order chi connectivity index (χ0) is 13.0. The summed E-state index contributed by atoms with van der Waals surface area (Å²) >= 11 is 6.89. The highest BCUT2D eigenvalue weighted by Crippen LogP contribution is 2.23. The molecular weight excluding hydrogens is 361 g/mol. The van der Waals surface area contributed by atoms with E-state index in [0.717, 1.165) is 14.5 Å². The summed E-state index contributed by atoms with van der Waals surface area (Å²) in [7, 11) is 0. The maximum atomic E-state index is 13.4. The summed E-state index contributed by atoms with van der Waals surface area (Å²) < 4.78 is 15.4. The molecule has 94 valence electrons. The Morgan fingerprint density at radius 3 is 2.44 bits per heavy atom. The smallest absolute Gasteiger partial charge is 0.127 e. The van der Waals surface area contributed by atoms with Gasteiger partial charge < -0.3 is 5.32 Å². The molecule has 0 unspecified atom stereocenters. The molecule has 0 spiro atoms. The zero-order valence-electron chi connectivity index (χ0n) is 9.59. The summed E-state index contributed by atoms with van der Waals surface area (Å²) in [5.41, 5.74) is 1.84. The lowest BCUT2D eigenvalue weighted by molar-refractivity contribution is 0.588. The first-order valence-corrected chi connectivity index (χ1v) is 7.13. The highest BCUT2D eigenvalue weighted by Gasteiger charge is 2.01. The van der Waals surface area contributed by atoms with Gasteiger partial charge in [0, 0.05) is 27.6 Å². The molecule has 2 aromatic rings. The van der Waals surface area contributed by atoms with Crippen LogP contribution in [0.3, 0.4) is 0 Å². The first-order chi connectivity index (χ1) is 8.66. The van der Waals surface area contributed by atoms with Gasteiger partial charge in [0.2, 0.25) is 0 Å². The van der Waals surface area contributed by atoms with Gasteiger partial charge >= 0.3 is 0 Å². The minimum Gasteiger partial charge on any atom is -0.309 e. The Labute approximate surface area is 123 Å². The molecule has 0 saturated carbocycles. The molecule has 0 radical (unpaired) electrons. The molecular formula is C14H12Br2FN. The lowest BCUT2D eigenvalue weighted by Gasteiger charge is -2.07. The second kappa shape index (κ2) is 6.45. The van der Waals surface area contributed by atoms with Gasteiger partial charge in [0.1, 0.15) is 5.82 Å². The molecule has 0 amide bonds. The Morgan fingerprint density at radius 2 is 1.72 bits per heavy atom. The minimum atomic E-state index is -0.165. The third-order valence-corrected chi connectivity index (χ3v) is 4.47. The highest BCUT2D eigenvalue weighted by atomic mass is 79.9. The standard InChI is InChI=1S/C14H12Br2FN/c15-12-6-5-10(7-13(12)16)8-18-9-11-3-1-2-4-14(11)17/h1-7,18H,8-9H2. The van der Waals surface area contributed by atoms with Crippen molar-refractivity contribution >= 4 is 31.9 Å². The number of benzene rings is 2. The van der Waals surface area contributed by atoms with Crippen molar-refractivity contribution in [2.24, 2.45) is 0 Å². The number of hydrogen-bond acceptors (Lipinski definition) is 1. The molecule has 18 heavy (non-hydrogen) atoms. The Balaban J connectivity index is 1.92. The van der Waals surface area contributed by atoms with E-state index in [1.165, 1.54) is 6.07 Å². The van der Waals surface area contributed by atoms with Crippen LogP contribution < -0.4 is 5.32 Å². The third-order valence-electron chi connectivity index (χ3n) is 2.59. The van der Waals surface area contributed by atoms with E-state index in [0.29, 0.717) is 18.7 Å². The second-order valence-electron chi connectivity index (χ2n) is 3.94. The van der Waals surface area contributed by atoms with Crippen LogP contribution in [0, 0.1) is 5.82 Å². The van der Waals surface area contributed by atoms with Gasteiger partial charge in [0.15, 0.2) is 0 Å². The zero-order valence-corrected chi connectivity index (χ0v) is 12.8. The maximum absolute atomic E-state index is 13.4. The van der Waals surface area contributed by atoms with Gasteiger partial charge in [-0.1, -0.05) is 24.3 Å². The van der Waals surface area contributed by atoms with Crippen molar-refractivity contribution in [3.05, 3.63) is 68.4 Å². The van der Waals surface area contributed by atoms with Gasteiger partial charge in [-0.2, -0.15) is 0 Å². The molecule has 0 aromatic heterocycles. The van der Waals surface area contributed by atoms with Gasteiger partial charge in [0.25, 0.3) is 0 Å². The fourth-order valence-electron chi connectivity index (χ4n) is 1.63. The molecule has 4 heteroatoms. The average molecular weight is 373 g/mol. The number of rotatable bonds is 4. The van der Waals surface area contributed by atoms with Gasteiger partial charge in [0.05, 0.1) is 0 Å². The largest absolute Gasteiger partial charge is 0.309 e. The van der Waals surface area contributed by atoms with Crippen LogP contribution in [0.4, 0.5) is 4.39 Å². The molecule has 1 nitrogen and oxygen atoms in total. The normalized spacial score (nSPS) is 10.6. The van der Waals surface area contributed by atoms with Crippen molar-refractivity contribution in [3.63, 3.8) is 0 Å². The predicted molar refractivity (Wildman–Crippen MR) is 78.8 cm³/mol. The van der Waals surface area contributed by atoms with Crippen LogP contribution in [0.1, 0.15) is 11.1 Å². The number of nitrogens with one attached hydrogen (secondary N) is 1. The minimum absolute atomic E-state index is 0.165. The van der Waals surface area contributed by atoms with E-state index in [-0.39, 0.29) is 5.82 Å². The lowest BCUT2D eigenvalue weighted by Crippen LogP contribution is -2.13. The van der Waals surface area contributed by atoms with E-state index >= 15 is 0 Å². The molecule has 2 rings (SSSR count). The van der Waals surface area contributed by atoms with E-state index < -0.39 is 0 Å². The van der Waals surface area contributed by atoms with Crippen LogP contribution in [-0.4, -0.2) is 0 Å². The molecule has 2 aromatic carbocycles. The van der Waals surface area contributed by atoms with Crippen LogP contribution in [0.5, 0.6) is 0 Å². The van der Waals surface area contributed by atoms with Crippen molar-refractivity contribution < 1.29 is 4.39 Å². The van der Waals surface area contributed by atoms with Crippen molar-refractivity contribution in [1.82, 2.24) is 5.32 Å². The van der Waals surface area contributed by atoms with Crippen molar-refractivity contribution in [2.75, 3.05) is 0 Å². The molecule has 1 N–H and O–H groups in total. The Morgan fingerprint density at radius 1 is 0.944 bits per heavy atom. The molecule has 0 aliphatic carbocycles. The number of hydrogen-bond donors (Lipinski definition) is 1. The van der Waals surface area contributed by atoms with Crippen LogP contribution in [-0.2, 0) is 13.1 Å². The number of halogens is 3. The van der Waals surface area contributed by atoms with Crippen LogP contribution in [0.25, 0.3) is 0 Å². The first-order valence-electron chi connectivity index (χ1n) is 5.55. The average Bonchev–Trinajstić information content (AvgIpc) is 2.36. The monoisotopic (exact) mass is 371 g/mol. The van der Waals surface area contributed by atoms with Crippen molar-refractivity contribution in [3.8, 4) is 0 Å². The SMILES string of the molecule is Fc1ccccc1CNCc1ccc(Br)c(Br)c1. The van der Waals surface area contributed by atoms with Gasteiger partial charge in [-0.15, -0.1) is 0 Å². The van der Waals surface area contributed by atoms with Crippen LogP contribution in [0.2, 0.25) is 0 Å². The van der Waals surface area contributed by atoms with Crippen LogP contribution in [0.15, 0.2) is 51.4 Å².